The highest BCUT2D eigenvalue weighted by Crippen LogP contribution is 2.24. The van der Waals surface area contributed by atoms with Crippen molar-refractivity contribution < 1.29 is 20.6 Å². The molecule has 0 unspecified atom stereocenters. The molecule has 0 N–H and O–H groups in total. The number of hydrogen-bond donors (Lipinski definition) is 0. The van der Waals surface area contributed by atoms with Crippen molar-refractivity contribution in [2.24, 2.45) is 0 Å². The summed E-state index contributed by atoms with van der Waals surface area (Å²) in [6.07, 6.45) is 47.1. The highest BCUT2D eigenvalue weighted by atomic mass is 28.5. The zero-order valence-electron chi connectivity index (χ0n) is 38.2. The maximum Gasteiger partial charge on any atom is 0.303 e. The molecule has 0 amide bonds. The summed E-state index contributed by atoms with van der Waals surface area (Å²) in [6.45, 7) is 11.6. The van der Waals surface area contributed by atoms with Crippen LogP contribution in [0.25, 0.3) is 0 Å². The van der Waals surface area contributed by atoms with E-state index in [0.717, 1.165) is 30.2 Å². The van der Waals surface area contributed by atoms with Crippen molar-refractivity contribution in [2.75, 3.05) is 0 Å². The SMILES string of the molecule is CCCCCCCCC[SiH]1O[SiH](CCCCCCCCC)O[SiH](CCCCCCCCC)O[SiH](CCCCCCCCC)O[SiH](CCCCCCCCC)O1. The topological polar surface area (TPSA) is 46.2 Å². The van der Waals surface area contributed by atoms with Crippen molar-refractivity contribution in [3.63, 3.8) is 0 Å². The maximum absolute atomic E-state index is 7.26. The molecule has 1 aliphatic heterocycles. The summed E-state index contributed by atoms with van der Waals surface area (Å²) in [5, 5.41) is 0. The van der Waals surface area contributed by atoms with E-state index in [0.29, 0.717) is 0 Å². The van der Waals surface area contributed by atoms with Gasteiger partial charge >= 0.3 is 46.4 Å². The molecule has 0 radical (unpaired) electrons. The minimum absolute atomic E-state index is 1.15. The summed E-state index contributed by atoms with van der Waals surface area (Å²) in [5.74, 6) is 0. The maximum atomic E-state index is 7.26. The third kappa shape index (κ3) is 35.4. The predicted molar refractivity (Wildman–Crippen MR) is 255 cm³/mol. The predicted octanol–water partition coefficient (Wildman–Crippen LogP) is 14.9. The Balaban J connectivity index is 3.13. The first kappa shape index (κ1) is 53.9. The van der Waals surface area contributed by atoms with Gasteiger partial charge in [-0.15, -0.1) is 0 Å². The van der Waals surface area contributed by atoms with Crippen LogP contribution < -0.4 is 0 Å². The quantitative estimate of drug-likeness (QED) is 0.0454. The lowest BCUT2D eigenvalue weighted by Gasteiger charge is -2.34. The number of unbranched alkanes of at least 4 members (excludes halogenated alkanes) is 30. The second-order valence-corrected chi connectivity index (χ2v) is 30.0. The zero-order valence-corrected chi connectivity index (χ0v) is 44.0. The van der Waals surface area contributed by atoms with Crippen LogP contribution >= 0.6 is 0 Å². The lowest BCUT2D eigenvalue weighted by atomic mass is 10.1. The molecule has 10 heteroatoms. The standard InChI is InChI=1S/C45H100O5Si5/c1-6-11-16-21-26-31-36-41-51-46-52(42-37-32-27-22-17-12-7-2)48-54(44-39-34-29-24-19-14-9-4)50-55(45-40-35-30-25-20-15-10-5)49-53(47-51)43-38-33-28-23-18-13-8-3/h51-55H,6-45H2,1-5H3. The summed E-state index contributed by atoms with van der Waals surface area (Å²) < 4.78 is 36.3. The molecule has 0 aromatic heterocycles. The molecule has 1 heterocycles. The molecule has 0 aliphatic carbocycles. The Labute approximate surface area is 354 Å². The Morgan fingerprint density at radius 3 is 0.455 bits per heavy atom. The van der Waals surface area contributed by atoms with E-state index >= 15 is 0 Å². The molecule has 330 valence electrons. The monoisotopic (exact) mass is 861 g/mol. The lowest BCUT2D eigenvalue weighted by Crippen LogP contribution is -2.48. The fourth-order valence-electron chi connectivity index (χ4n) is 8.03. The van der Waals surface area contributed by atoms with E-state index in [1.807, 2.05) is 0 Å². The fraction of sp³-hybridized carbons (Fsp3) is 1.00. The van der Waals surface area contributed by atoms with E-state index in [9.17, 15) is 0 Å². The summed E-state index contributed by atoms with van der Waals surface area (Å²) in [5.41, 5.74) is 0. The van der Waals surface area contributed by atoms with E-state index in [1.54, 1.807) is 0 Å². The van der Waals surface area contributed by atoms with Crippen LogP contribution in [0.1, 0.15) is 259 Å². The molecule has 55 heavy (non-hydrogen) atoms. The fourth-order valence-corrected chi connectivity index (χ4v) is 27.5. The Kier molecular flexibility index (Phi) is 42.1. The van der Waals surface area contributed by atoms with Crippen LogP contribution in [0.4, 0.5) is 0 Å². The third-order valence-electron chi connectivity index (χ3n) is 11.7. The first-order valence-electron chi connectivity index (χ1n) is 25.4. The highest BCUT2D eigenvalue weighted by molar-refractivity contribution is 6.74. The largest absolute Gasteiger partial charge is 0.420 e. The van der Waals surface area contributed by atoms with Gasteiger partial charge in [0.15, 0.2) is 0 Å². The van der Waals surface area contributed by atoms with Crippen molar-refractivity contribution in [3.05, 3.63) is 0 Å². The first-order valence-corrected chi connectivity index (χ1v) is 34.2. The van der Waals surface area contributed by atoms with Gasteiger partial charge in [0.25, 0.3) is 0 Å². The van der Waals surface area contributed by atoms with E-state index < -0.39 is 46.4 Å². The van der Waals surface area contributed by atoms with Crippen LogP contribution in [0, 0.1) is 0 Å². The van der Waals surface area contributed by atoms with Crippen LogP contribution in [0.15, 0.2) is 0 Å². The Bertz CT molecular complexity index is 607. The number of hydrogen-bond acceptors (Lipinski definition) is 5. The molecule has 0 aromatic carbocycles. The first-order chi connectivity index (χ1) is 27.2. The van der Waals surface area contributed by atoms with E-state index in [1.165, 1.54) is 225 Å². The Morgan fingerprint density at radius 1 is 0.182 bits per heavy atom. The molecule has 0 atom stereocenters. The van der Waals surface area contributed by atoms with Gasteiger partial charge in [-0.2, -0.15) is 0 Å². The van der Waals surface area contributed by atoms with Gasteiger partial charge in [-0.1, -0.05) is 259 Å². The van der Waals surface area contributed by atoms with Gasteiger partial charge in [-0.3, -0.25) is 0 Å². The molecule has 0 aromatic rings. The summed E-state index contributed by atoms with van der Waals surface area (Å²) in [6, 6.07) is 5.75. The summed E-state index contributed by atoms with van der Waals surface area (Å²) in [7, 11) is -9.35. The second kappa shape index (κ2) is 43.0. The molecule has 1 aliphatic rings. The van der Waals surface area contributed by atoms with Crippen molar-refractivity contribution in [1.82, 2.24) is 0 Å². The van der Waals surface area contributed by atoms with Crippen molar-refractivity contribution >= 4 is 46.4 Å². The van der Waals surface area contributed by atoms with Crippen LogP contribution in [0.2, 0.25) is 30.2 Å². The van der Waals surface area contributed by atoms with Gasteiger partial charge in [0.05, 0.1) is 0 Å². The Hall–Kier alpha value is 0.884. The van der Waals surface area contributed by atoms with Gasteiger partial charge in [-0.05, 0) is 30.2 Å². The molecular formula is C45H100O5Si5. The van der Waals surface area contributed by atoms with Crippen molar-refractivity contribution in [1.29, 1.82) is 0 Å². The van der Waals surface area contributed by atoms with Crippen molar-refractivity contribution in [3.8, 4) is 0 Å². The van der Waals surface area contributed by atoms with Crippen LogP contribution in [0.3, 0.4) is 0 Å². The minimum Gasteiger partial charge on any atom is -0.420 e. The lowest BCUT2D eigenvalue weighted by molar-refractivity contribution is 0.276. The second-order valence-electron chi connectivity index (χ2n) is 17.4. The van der Waals surface area contributed by atoms with E-state index in [4.69, 9.17) is 20.6 Å². The van der Waals surface area contributed by atoms with Gasteiger partial charge < -0.3 is 20.6 Å². The number of rotatable bonds is 40. The summed E-state index contributed by atoms with van der Waals surface area (Å²) >= 11 is 0. The minimum atomic E-state index is -1.87. The van der Waals surface area contributed by atoms with Crippen molar-refractivity contribution in [2.45, 2.75) is 290 Å². The highest BCUT2D eigenvalue weighted by Gasteiger charge is 2.34. The van der Waals surface area contributed by atoms with Crippen LogP contribution in [-0.4, -0.2) is 46.4 Å². The molecule has 1 fully saturated rings. The third-order valence-corrected chi connectivity index (χ3v) is 28.3. The van der Waals surface area contributed by atoms with Gasteiger partial charge in [0.1, 0.15) is 0 Å². The molecule has 0 spiro atoms. The van der Waals surface area contributed by atoms with Crippen LogP contribution in [0.5, 0.6) is 0 Å². The van der Waals surface area contributed by atoms with E-state index in [2.05, 4.69) is 34.6 Å². The van der Waals surface area contributed by atoms with E-state index in [-0.39, 0.29) is 0 Å². The average molecular weight is 862 g/mol. The molecule has 1 saturated heterocycles. The van der Waals surface area contributed by atoms with Gasteiger partial charge in [-0.25, -0.2) is 0 Å². The normalized spacial score (nSPS) is 21.0. The summed E-state index contributed by atoms with van der Waals surface area (Å²) in [4.78, 5) is 0. The molecule has 1 rings (SSSR count). The van der Waals surface area contributed by atoms with Crippen LogP contribution in [-0.2, 0) is 20.6 Å². The molecular weight excluding hydrogens is 761 g/mol. The Morgan fingerprint density at radius 2 is 0.309 bits per heavy atom. The zero-order chi connectivity index (χ0) is 39.7. The molecule has 0 saturated carbocycles. The van der Waals surface area contributed by atoms with Gasteiger partial charge in [0, 0.05) is 0 Å². The average Bonchev–Trinajstić information content (AvgIpc) is 3.18. The molecule has 0 bridgehead atoms. The smallest absolute Gasteiger partial charge is 0.303 e. The molecule has 5 nitrogen and oxygen atoms in total. The van der Waals surface area contributed by atoms with Gasteiger partial charge in [0.2, 0.25) is 0 Å².